The minimum absolute atomic E-state index is 0.0909. The van der Waals surface area contributed by atoms with E-state index in [4.69, 9.17) is 4.74 Å². The van der Waals surface area contributed by atoms with Crippen LogP contribution in [-0.4, -0.2) is 71.4 Å². The number of aliphatic hydroxyl groups is 3. The normalized spacial score (nSPS) is 44.1. The quantitative estimate of drug-likeness (QED) is 0.534. The Morgan fingerprint density at radius 1 is 0.926 bits per heavy atom. The minimum Gasteiger partial charge on any atom is -0.395 e. The van der Waals surface area contributed by atoms with Gasteiger partial charge in [-0.3, -0.25) is 4.90 Å². The third-order valence-electron chi connectivity index (χ3n) is 7.96. The van der Waals surface area contributed by atoms with E-state index in [1.165, 1.54) is 38.5 Å². The highest BCUT2D eigenvalue weighted by Gasteiger charge is 2.50. The predicted molar refractivity (Wildman–Crippen MR) is 104 cm³/mol. The van der Waals surface area contributed by atoms with Crippen molar-refractivity contribution in [3.8, 4) is 0 Å². The summed E-state index contributed by atoms with van der Waals surface area (Å²) in [6, 6.07) is -0.318. The van der Waals surface area contributed by atoms with Gasteiger partial charge in [0.25, 0.3) is 0 Å². The molecule has 5 fully saturated rings. The average Bonchev–Trinajstić information content (AvgIpc) is 2.62. The zero-order valence-corrected chi connectivity index (χ0v) is 16.8. The Morgan fingerprint density at radius 2 is 1.59 bits per heavy atom. The van der Waals surface area contributed by atoms with Crippen molar-refractivity contribution in [3.63, 3.8) is 0 Å². The van der Waals surface area contributed by atoms with E-state index in [0.717, 1.165) is 63.3 Å². The summed E-state index contributed by atoms with van der Waals surface area (Å²) in [5.41, 5.74) is 0.522. The monoisotopic (exact) mass is 381 g/mol. The number of unbranched alkanes of at least 4 members (excludes halogenated alkanes) is 2. The number of aliphatic hydroxyl groups excluding tert-OH is 3. The molecule has 27 heavy (non-hydrogen) atoms. The first-order valence-corrected chi connectivity index (χ1v) is 11.4. The van der Waals surface area contributed by atoms with Gasteiger partial charge in [0.2, 0.25) is 0 Å². The maximum absolute atomic E-state index is 10.0. The van der Waals surface area contributed by atoms with E-state index in [-0.39, 0.29) is 12.6 Å². The lowest BCUT2D eigenvalue weighted by Crippen LogP contribution is -2.56. The average molecular weight is 382 g/mol. The van der Waals surface area contributed by atoms with Crippen molar-refractivity contribution in [1.29, 1.82) is 0 Å². The van der Waals surface area contributed by atoms with Crippen molar-refractivity contribution in [2.45, 2.75) is 82.5 Å². The summed E-state index contributed by atoms with van der Waals surface area (Å²) in [5, 5.41) is 29.3. The van der Waals surface area contributed by atoms with Gasteiger partial charge in [0.15, 0.2) is 0 Å². The molecule has 0 radical (unpaired) electrons. The minimum atomic E-state index is -0.827. The smallest absolute Gasteiger partial charge is 0.0976 e. The molecule has 156 valence electrons. The molecule has 5 aliphatic rings. The molecule has 4 saturated carbocycles. The molecule has 0 aromatic rings. The van der Waals surface area contributed by atoms with Gasteiger partial charge in [-0.05, 0) is 93.9 Å². The van der Waals surface area contributed by atoms with Crippen LogP contribution in [0.5, 0.6) is 0 Å². The van der Waals surface area contributed by atoms with E-state index in [9.17, 15) is 15.3 Å². The third kappa shape index (κ3) is 4.53. The highest BCUT2D eigenvalue weighted by Crippen LogP contribution is 2.60. The lowest BCUT2D eigenvalue weighted by atomic mass is 9.50. The third-order valence-corrected chi connectivity index (χ3v) is 7.96. The summed E-state index contributed by atoms with van der Waals surface area (Å²) in [6.07, 6.45) is 11.1. The van der Waals surface area contributed by atoms with Crippen molar-refractivity contribution >= 4 is 0 Å². The summed E-state index contributed by atoms with van der Waals surface area (Å²) < 4.78 is 6.16. The van der Waals surface area contributed by atoms with Crippen LogP contribution < -0.4 is 0 Å². The maximum atomic E-state index is 10.0. The highest BCUT2D eigenvalue weighted by atomic mass is 16.5. The first-order valence-electron chi connectivity index (χ1n) is 11.4. The molecule has 4 aliphatic carbocycles. The zero-order chi connectivity index (χ0) is 18.9. The number of piperidine rings is 1. The van der Waals surface area contributed by atoms with Crippen molar-refractivity contribution < 1.29 is 20.1 Å². The molecule has 4 bridgehead atoms. The molecule has 0 aromatic carbocycles. The zero-order valence-electron chi connectivity index (χ0n) is 16.8. The Hall–Kier alpha value is -0.200. The van der Waals surface area contributed by atoms with E-state index < -0.39 is 12.2 Å². The number of hydrogen-bond acceptors (Lipinski definition) is 5. The topological polar surface area (TPSA) is 73.2 Å². The van der Waals surface area contributed by atoms with Gasteiger partial charge < -0.3 is 20.1 Å². The molecule has 0 spiro atoms. The van der Waals surface area contributed by atoms with Gasteiger partial charge in [-0.2, -0.15) is 0 Å². The summed E-state index contributed by atoms with van der Waals surface area (Å²) in [6.45, 7) is 3.40. The Morgan fingerprint density at radius 3 is 2.22 bits per heavy atom. The molecule has 0 aromatic heterocycles. The van der Waals surface area contributed by atoms with Crippen molar-refractivity contribution in [2.75, 3.05) is 32.9 Å². The Labute approximate surface area is 164 Å². The SMILES string of the molecule is OC[C@H]1[C@H](O)[C@H](O)CCN1CCCCCOCC12CC3CC(CC(C3)C1)C2. The first-order chi connectivity index (χ1) is 13.1. The van der Waals surface area contributed by atoms with E-state index in [2.05, 4.69) is 4.90 Å². The van der Waals surface area contributed by atoms with Gasteiger partial charge in [-0.1, -0.05) is 0 Å². The number of likely N-dealkylation sites (tertiary alicyclic amines) is 1. The number of hydrogen-bond donors (Lipinski definition) is 3. The second-order valence-corrected chi connectivity index (χ2v) is 10.2. The molecule has 3 atom stereocenters. The van der Waals surface area contributed by atoms with Crippen LogP contribution >= 0.6 is 0 Å². The van der Waals surface area contributed by atoms with Crippen molar-refractivity contribution in [2.24, 2.45) is 23.2 Å². The first kappa shape index (κ1) is 20.1. The summed E-state index contributed by atoms with van der Waals surface area (Å²) in [5.74, 6) is 2.99. The largest absolute Gasteiger partial charge is 0.395 e. The van der Waals surface area contributed by atoms with Crippen LogP contribution in [-0.2, 0) is 4.74 Å². The highest BCUT2D eigenvalue weighted by molar-refractivity contribution is 5.01. The fraction of sp³-hybridized carbons (Fsp3) is 1.00. The lowest BCUT2D eigenvalue weighted by Gasteiger charge is -2.56. The second kappa shape index (κ2) is 8.66. The van der Waals surface area contributed by atoms with Crippen molar-refractivity contribution in [3.05, 3.63) is 0 Å². The molecule has 1 heterocycles. The molecule has 5 heteroatoms. The maximum Gasteiger partial charge on any atom is 0.0976 e. The molecule has 1 saturated heterocycles. The van der Waals surface area contributed by atoms with Crippen LogP contribution in [0.1, 0.15) is 64.2 Å². The fourth-order valence-electron chi connectivity index (χ4n) is 7.06. The van der Waals surface area contributed by atoms with Crippen LogP contribution in [0.15, 0.2) is 0 Å². The molecular formula is C22H39NO4. The van der Waals surface area contributed by atoms with Crippen molar-refractivity contribution in [1.82, 2.24) is 4.90 Å². The fourth-order valence-corrected chi connectivity index (χ4v) is 7.06. The Balaban J connectivity index is 1.10. The van der Waals surface area contributed by atoms with Gasteiger partial charge in [-0.15, -0.1) is 0 Å². The predicted octanol–water partition coefficient (Wildman–Crippen LogP) is 2.18. The molecule has 5 rings (SSSR count). The molecule has 5 nitrogen and oxygen atoms in total. The van der Waals surface area contributed by atoms with Crippen LogP contribution in [0.2, 0.25) is 0 Å². The summed E-state index contributed by atoms with van der Waals surface area (Å²) in [4.78, 5) is 2.13. The van der Waals surface area contributed by atoms with Crippen LogP contribution in [0.4, 0.5) is 0 Å². The summed E-state index contributed by atoms with van der Waals surface area (Å²) >= 11 is 0. The Kier molecular flexibility index (Phi) is 6.44. The number of rotatable bonds is 9. The molecule has 3 N–H and O–H groups in total. The van der Waals surface area contributed by atoms with Gasteiger partial charge in [-0.25, -0.2) is 0 Å². The summed E-state index contributed by atoms with van der Waals surface area (Å²) in [7, 11) is 0. The molecule has 1 aliphatic heterocycles. The van der Waals surface area contributed by atoms with E-state index in [1.807, 2.05) is 0 Å². The van der Waals surface area contributed by atoms with Gasteiger partial charge in [0.1, 0.15) is 0 Å². The number of nitrogens with zero attached hydrogens (tertiary/aromatic N) is 1. The van der Waals surface area contributed by atoms with E-state index in [1.54, 1.807) is 0 Å². The van der Waals surface area contributed by atoms with Gasteiger partial charge in [0, 0.05) is 13.2 Å². The molecular weight excluding hydrogens is 342 g/mol. The second-order valence-electron chi connectivity index (χ2n) is 10.2. The molecule has 0 amide bonds. The number of ether oxygens (including phenoxy) is 1. The van der Waals surface area contributed by atoms with Gasteiger partial charge >= 0.3 is 0 Å². The van der Waals surface area contributed by atoms with Gasteiger partial charge in [0.05, 0.1) is 31.5 Å². The molecule has 0 unspecified atom stereocenters. The van der Waals surface area contributed by atoms with E-state index >= 15 is 0 Å². The lowest BCUT2D eigenvalue weighted by molar-refractivity contribution is -0.0970. The Bertz CT molecular complexity index is 450. The van der Waals surface area contributed by atoms with Crippen LogP contribution in [0.3, 0.4) is 0 Å². The standard InChI is InChI=1S/C22H39NO4/c24-14-19-21(26)20(25)4-6-23(19)5-2-1-3-7-27-15-22-11-16-8-17(12-22)10-18(9-16)13-22/h16-21,24-26H,1-15H2/t16?,17?,18?,19-,20+,21-,22?/m0/s1. The van der Waals surface area contributed by atoms with Crippen LogP contribution in [0, 0.1) is 23.2 Å². The van der Waals surface area contributed by atoms with Crippen LogP contribution in [0.25, 0.3) is 0 Å². The van der Waals surface area contributed by atoms with E-state index in [0.29, 0.717) is 11.8 Å².